The van der Waals surface area contributed by atoms with E-state index in [1.54, 1.807) is 24.3 Å². The Morgan fingerprint density at radius 2 is 2.22 bits per heavy atom. The normalized spacial score (nSPS) is 10.7. The maximum atomic E-state index is 11.8. The van der Waals surface area contributed by atoms with Gasteiger partial charge >= 0.3 is 5.76 Å². The van der Waals surface area contributed by atoms with Crippen molar-refractivity contribution in [1.82, 2.24) is 4.98 Å². The van der Waals surface area contributed by atoms with Crippen molar-refractivity contribution in [1.29, 1.82) is 0 Å². The summed E-state index contributed by atoms with van der Waals surface area (Å²) in [6.45, 7) is 0. The molecule has 2 N–H and O–H groups in total. The van der Waals surface area contributed by atoms with E-state index < -0.39 is 5.76 Å². The van der Waals surface area contributed by atoms with E-state index in [-0.39, 0.29) is 5.91 Å². The molecule has 0 bridgehead atoms. The van der Waals surface area contributed by atoms with Crippen molar-refractivity contribution in [2.24, 2.45) is 0 Å². The molecule has 2 aromatic heterocycles. The van der Waals surface area contributed by atoms with Crippen molar-refractivity contribution in [3.05, 3.63) is 51.1 Å². The Morgan fingerprint density at radius 3 is 3.00 bits per heavy atom. The number of thiophene rings is 1. The van der Waals surface area contributed by atoms with E-state index in [0.717, 1.165) is 0 Å². The summed E-state index contributed by atoms with van der Waals surface area (Å²) in [4.78, 5) is 26.0. The van der Waals surface area contributed by atoms with E-state index in [4.69, 9.17) is 4.42 Å². The third-order valence-corrected chi connectivity index (χ3v) is 3.29. The molecule has 18 heavy (non-hydrogen) atoms. The van der Waals surface area contributed by atoms with E-state index in [1.165, 1.54) is 11.3 Å². The molecule has 0 aliphatic rings. The van der Waals surface area contributed by atoms with E-state index in [1.807, 2.05) is 11.4 Å². The van der Waals surface area contributed by atoms with Gasteiger partial charge in [0.05, 0.1) is 10.4 Å². The van der Waals surface area contributed by atoms with Crippen LogP contribution in [0.15, 0.2) is 44.9 Å². The number of hydrogen-bond donors (Lipinski definition) is 2. The highest BCUT2D eigenvalue weighted by molar-refractivity contribution is 7.12. The molecule has 0 fully saturated rings. The Kier molecular flexibility index (Phi) is 2.49. The molecule has 0 aliphatic carbocycles. The van der Waals surface area contributed by atoms with Crippen LogP contribution in [0.2, 0.25) is 0 Å². The van der Waals surface area contributed by atoms with Gasteiger partial charge in [-0.3, -0.25) is 9.78 Å². The number of anilines is 1. The summed E-state index contributed by atoms with van der Waals surface area (Å²) in [5.41, 5.74) is 1.64. The van der Waals surface area contributed by atoms with E-state index >= 15 is 0 Å². The third-order valence-electron chi connectivity index (χ3n) is 2.42. The highest BCUT2D eigenvalue weighted by atomic mass is 32.1. The molecule has 5 nitrogen and oxygen atoms in total. The minimum Gasteiger partial charge on any atom is -0.408 e. The van der Waals surface area contributed by atoms with Gasteiger partial charge in [0.25, 0.3) is 5.91 Å². The Labute approximate surface area is 105 Å². The molecule has 1 aromatic carbocycles. The number of fused-ring (bicyclic) bond motifs is 1. The molecule has 3 aromatic rings. The van der Waals surface area contributed by atoms with Gasteiger partial charge in [0.2, 0.25) is 0 Å². The molecular formula is C12H8N2O3S. The average Bonchev–Trinajstić information content (AvgIpc) is 2.95. The number of aromatic amines is 1. The fraction of sp³-hybridized carbons (Fsp3) is 0. The van der Waals surface area contributed by atoms with E-state index in [9.17, 15) is 9.59 Å². The van der Waals surface area contributed by atoms with Crippen molar-refractivity contribution in [2.75, 3.05) is 5.32 Å². The quantitative estimate of drug-likeness (QED) is 0.743. The summed E-state index contributed by atoms with van der Waals surface area (Å²) < 4.78 is 4.88. The van der Waals surface area contributed by atoms with Gasteiger partial charge in [-0.1, -0.05) is 6.07 Å². The highest BCUT2D eigenvalue weighted by Crippen LogP contribution is 2.18. The maximum Gasteiger partial charge on any atom is 0.417 e. The summed E-state index contributed by atoms with van der Waals surface area (Å²) in [5.74, 6) is -0.679. The van der Waals surface area contributed by atoms with Crippen molar-refractivity contribution >= 4 is 34.0 Å². The average molecular weight is 260 g/mol. The first-order valence-electron chi connectivity index (χ1n) is 5.20. The lowest BCUT2D eigenvalue weighted by atomic mass is 10.3. The minimum absolute atomic E-state index is 0.171. The second-order valence-corrected chi connectivity index (χ2v) is 4.60. The lowest BCUT2D eigenvalue weighted by Crippen LogP contribution is -2.09. The molecule has 0 saturated carbocycles. The standard InChI is InChI=1S/C12H8N2O3S/c15-11(10-2-1-5-18-10)13-7-3-4-9-8(6-7)14-12(16)17-9/h1-6H,(H,13,15)(H,14,16). The van der Waals surface area contributed by atoms with Crippen LogP contribution in [-0.2, 0) is 0 Å². The number of oxazole rings is 1. The molecule has 2 heterocycles. The van der Waals surface area contributed by atoms with Gasteiger partial charge in [-0.15, -0.1) is 11.3 Å². The molecule has 3 rings (SSSR count). The van der Waals surface area contributed by atoms with Crippen LogP contribution < -0.4 is 11.1 Å². The van der Waals surface area contributed by atoms with Crippen LogP contribution in [0.3, 0.4) is 0 Å². The summed E-state index contributed by atoms with van der Waals surface area (Å²) in [6.07, 6.45) is 0. The van der Waals surface area contributed by atoms with Crippen LogP contribution in [0.4, 0.5) is 5.69 Å². The zero-order chi connectivity index (χ0) is 12.5. The Balaban J connectivity index is 1.91. The van der Waals surface area contributed by atoms with Gasteiger partial charge in [0.15, 0.2) is 5.58 Å². The number of carbonyl (C=O) groups is 1. The lowest BCUT2D eigenvalue weighted by Gasteiger charge is -2.02. The van der Waals surface area contributed by atoms with Crippen LogP contribution in [-0.4, -0.2) is 10.9 Å². The van der Waals surface area contributed by atoms with Crippen molar-refractivity contribution < 1.29 is 9.21 Å². The van der Waals surface area contributed by atoms with E-state index in [2.05, 4.69) is 10.3 Å². The fourth-order valence-electron chi connectivity index (χ4n) is 1.63. The number of carbonyl (C=O) groups excluding carboxylic acids is 1. The van der Waals surface area contributed by atoms with Crippen molar-refractivity contribution in [3.8, 4) is 0 Å². The van der Waals surface area contributed by atoms with Gasteiger partial charge in [-0.25, -0.2) is 4.79 Å². The second-order valence-electron chi connectivity index (χ2n) is 3.66. The summed E-state index contributed by atoms with van der Waals surface area (Å²) in [7, 11) is 0. The maximum absolute atomic E-state index is 11.8. The van der Waals surface area contributed by atoms with Gasteiger partial charge in [0.1, 0.15) is 0 Å². The van der Waals surface area contributed by atoms with Crippen LogP contribution >= 0.6 is 11.3 Å². The lowest BCUT2D eigenvalue weighted by molar-refractivity contribution is 0.103. The molecule has 0 saturated heterocycles. The number of aromatic nitrogens is 1. The summed E-state index contributed by atoms with van der Waals surface area (Å²) >= 11 is 1.37. The van der Waals surface area contributed by atoms with Crippen LogP contribution in [0, 0.1) is 0 Å². The molecule has 0 aliphatic heterocycles. The Bertz CT molecular complexity index is 755. The fourth-order valence-corrected chi connectivity index (χ4v) is 2.25. The second kappa shape index (κ2) is 4.15. The zero-order valence-corrected chi connectivity index (χ0v) is 9.91. The minimum atomic E-state index is -0.508. The van der Waals surface area contributed by atoms with Crippen molar-refractivity contribution in [3.63, 3.8) is 0 Å². The van der Waals surface area contributed by atoms with Gasteiger partial charge in [-0.05, 0) is 29.6 Å². The first-order chi connectivity index (χ1) is 8.72. The monoisotopic (exact) mass is 260 g/mol. The molecule has 0 spiro atoms. The zero-order valence-electron chi connectivity index (χ0n) is 9.10. The molecule has 90 valence electrons. The van der Waals surface area contributed by atoms with Gasteiger partial charge < -0.3 is 9.73 Å². The number of benzene rings is 1. The van der Waals surface area contributed by atoms with Gasteiger partial charge in [0, 0.05) is 5.69 Å². The number of nitrogens with one attached hydrogen (secondary N) is 2. The molecule has 6 heteroatoms. The number of hydrogen-bond acceptors (Lipinski definition) is 4. The predicted octanol–water partition coefficient (Wildman–Crippen LogP) is 2.43. The first-order valence-corrected chi connectivity index (χ1v) is 6.08. The molecule has 0 atom stereocenters. The summed E-state index contributed by atoms with van der Waals surface area (Å²) in [6, 6.07) is 8.54. The highest BCUT2D eigenvalue weighted by Gasteiger charge is 2.08. The molecule has 0 unspecified atom stereocenters. The number of amides is 1. The number of H-pyrrole nitrogens is 1. The summed E-state index contributed by atoms with van der Waals surface area (Å²) in [5, 5.41) is 4.59. The topological polar surface area (TPSA) is 75.1 Å². The molecule has 0 radical (unpaired) electrons. The Hall–Kier alpha value is -2.34. The van der Waals surface area contributed by atoms with Crippen molar-refractivity contribution in [2.45, 2.75) is 0 Å². The SMILES string of the molecule is O=C(Nc1ccc2oc(=O)[nH]c2c1)c1cccs1. The Morgan fingerprint density at radius 1 is 1.33 bits per heavy atom. The largest absolute Gasteiger partial charge is 0.417 e. The van der Waals surface area contributed by atoms with Crippen LogP contribution in [0.25, 0.3) is 11.1 Å². The van der Waals surface area contributed by atoms with E-state index in [0.29, 0.717) is 21.7 Å². The predicted molar refractivity (Wildman–Crippen MR) is 69.1 cm³/mol. The smallest absolute Gasteiger partial charge is 0.408 e. The first kappa shape index (κ1) is 10.8. The van der Waals surface area contributed by atoms with Crippen LogP contribution in [0.1, 0.15) is 9.67 Å². The molecule has 1 amide bonds. The van der Waals surface area contributed by atoms with Gasteiger partial charge in [-0.2, -0.15) is 0 Å². The van der Waals surface area contributed by atoms with Crippen LogP contribution in [0.5, 0.6) is 0 Å². The number of rotatable bonds is 2. The third kappa shape index (κ3) is 1.93. The molecular weight excluding hydrogens is 252 g/mol.